The second kappa shape index (κ2) is 7.61. The summed E-state index contributed by atoms with van der Waals surface area (Å²) in [4.78, 5) is 13.2. The van der Waals surface area contributed by atoms with Crippen molar-refractivity contribution in [2.24, 2.45) is 0 Å². The monoisotopic (exact) mass is 333 g/mol. The lowest BCUT2D eigenvalue weighted by Gasteiger charge is -2.13. The first kappa shape index (κ1) is 16.8. The third-order valence-electron chi connectivity index (χ3n) is 3.17. The summed E-state index contributed by atoms with van der Waals surface area (Å²) in [7, 11) is 0. The molecule has 0 unspecified atom stereocenters. The van der Waals surface area contributed by atoms with E-state index in [-0.39, 0.29) is 5.91 Å². The average molecular weight is 333 g/mol. The Bertz CT molecular complexity index is 686. The van der Waals surface area contributed by atoms with Crippen LogP contribution in [0.25, 0.3) is 0 Å². The van der Waals surface area contributed by atoms with Gasteiger partial charge in [0.2, 0.25) is 5.91 Å². The molecular weight excluding hydrogens is 314 g/mol. The Balaban J connectivity index is 2.24. The number of hydrogen-bond donors (Lipinski definition) is 2. The number of rotatable bonds is 5. The van der Waals surface area contributed by atoms with E-state index in [0.717, 1.165) is 22.0 Å². The Kier molecular flexibility index (Phi) is 5.80. The number of aryl methyl sites for hydroxylation is 1. The van der Waals surface area contributed by atoms with Crippen molar-refractivity contribution in [1.82, 2.24) is 5.32 Å². The fraction of sp³-hybridized carbons (Fsp3) is 0.235. The SMILES string of the molecule is CSc1ccc(Oc2ccc(S)cc2CNC(C)=O)cc1C. The van der Waals surface area contributed by atoms with E-state index in [9.17, 15) is 4.79 Å². The third-order valence-corrected chi connectivity index (χ3v) is 4.34. The van der Waals surface area contributed by atoms with E-state index in [1.54, 1.807) is 11.8 Å². The Morgan fingerprint density at radius 3 is 2.68 bits per heavy atom. The molecule has 0 bridgehead atoms. The van der Waals surface area contributed by atoms with Gasteiger partial charge in [-0.3, -0.25) is 4.79 Å². The van der Waals surface area contributed by atoms with Crippen LogP contribution >= 0.6 is 24.4 Å². The molecule has 0 atom stereocenters. The van der Waals surface area contributed by atoms with Crippen molar-refractivity contribution in [3.8, 4) is 11.5 Å². The zero-order chi connectivity index (χ0) is 16.1. The van der Waals surface area contributed by atoms with Gasteiger partial charge < -0.3 is 10.1 Å². The van der Waals surface area contributed by atoms with Gasteiger partial charge in [0, 0.05) is 28.8 Å². The fourth-order valence-electron chi connectivity index (χ4n) is 2.06. The molecule has 0 saturated heterocycles. The summed E-state index contributed by atoms with van der Waals surface area (Å²) in [6.07, 6.45) is 2.06. The maximum Gasteiger partial charge on any atom is 0.217 e. The number of nitrogens with one attached hydrogen (secondary N) is 1. The van der Waals surface area contributed by atoms with E-state index in [1.165, 1.54) is 17.4 Å². The number of benzene rings is 2. The minimum absolute atomic E-state index is 0.0734. The first-order chi connectivity index (χ1) is 10.5. The molecule has 5 heteroatoms. The van der Waals surface area contributed by atoms with Gasteiger partial charge in [-0.2, -0.15) is 0 Å². The van der Waals surface area contributed by atoms with Crippen molar-refractivity contribution in [2.75, 3.05) is 6.26 Å². The first-order valence-corrected chi connectivity index (χ1v) is 8.55. The Morgan fingerprint density at radius 1 is 1.27 bits per heavy atom. The standard InChI is InChI=1S/C17H19NO2S2/c1-11-8-14(4-7-17(11)22-3)20-16-6-5-15(21)9-13(16)10-18-12(2)19/h4-9,21H,10H2,1-3H3,(H,18,19). The van der Waals surface area contributed by atoms with Gasteiger partial charge in [-0.1, -0.05) is 0 Å². The maximum atomic E-state index is 11.1. The lowest BCUT2D eigenvalue weighted by atomic mass is 10.2. The van der Waals surface area contributed by atoms with Crippen LogP contribution in [0.5, 0.6) is 11.5 Å². The summed E-state index contributed by atoms with van der Waals surface area (Å²) in [6.45, 7) is 3.98. The minimum Gasteiger partial charge on any atom is -0.457 e. The van der Waals surface area contributed by atoms with Crippen molar-refractivity contribution >= 4 is 30.3 Å². The van der Waals surface area contributed by atoms with Gasteiger partial charge in [0.05, 0.1) is 0 Å². The number of thiol groups is 1. The van der Waals surface area contributed by atoms with Crippen molar-refractivity contribution in [3.05, 3.63) is 47.5 Å². The van der Waals surface area contributed by atoms with Crippen LogP contribution < -0.4 is 10.1 Å². The van der Waals surface area contributed by atoms with Gasteiger partial charge in [0.25, 0.3) is 0 Å². The van der Waals surface area contributed by atoms with E-state index < -0.39 is 0 Å². The van der Waals surface area contributed by atoms with E-state index in [0.29, 0.717) is 6.54 Å². The summed E-state index contributed by atoms with van der Waals surface area (Å²) in [5.74, 6) is 1.44. The van der Waals surface area contributed by atoms with Gasteiger partial charge in [-0.05, 0) is 55.1 Å². The number of thioether (sulfide) groups is 1. The predicted octanol–water partition coefficient (Wildman–Crippen LogP) is 4.43. The molecule has 1 amide bonds. The van der Waals surface area contributed by atoms with Crippen LogP contribution in [0, 0.1) is 6.92 Å². The highest BCUT2D eigenvalue weighted by Gasteiger charge is 2.08. The molecule has 0 fully saturated rings. The molecule has 1 N–H and O–H groups in total. The molecule has 0 aliphatic rings. The normalized spacial score (nSPS) is 10.4. The number of ether oxygens (including phenoxy) is 1. The molecule has 0 aliphatic heterocycles. The predicted molar refractivity (Wildman–Crippen MR) is 94.2 cm³/mol. The molecule has 0 aromatic heterocycles. The van der Waals surface area contributed by atoms with Crippen LogP contribution in [0.3, 0.4) is 0 Å². The number of carbonyl (C=O) groups excluding carboxylic acids is 1. The Labute approximate surface area is 140 Å². The van der Waals surface area contributed by atoms with Crippen molar-refractivity contribution in [3.63, 3.8) is 0 Å². The fourth-order valence-corrected chi connectivity index (χ4v) is 2.88. The molecule has 116 valence electrons. The summed E-state index contributed by atoms with van der Waals surface area (Å²) >= 11 is 6.06. The van der Waals surface area contributed by atoms with Gasteiger partial charge in [0.1, 0.15) is 11.5 Å². The molecule has 22 heavy (non-hydrogen) atoms. The highest BCUT2D eigenvalue weighted by molar-refractivity contribution is 7.98. The van der Waals surface area contributed by atoms with Gasteiger partial charge in [0.15, 0.2) is 0 Å². The summed E-state index contributed by atoms with van der Waals surface area (Å²) < 4.78 is 5.98. The highest BCUT2D eigenvalue weighted by atomic mass is 32.2. The van der Waals surface area contributed by atoms with Gasteiger partial charge in [-0.25, -0.2) is 0 Å². The summed E-state index contributed by atoms with van der Waals surface area (Å²) in [5.41, 5.74) is 2.08. The zero-order valence-electron chi connectivity index (χ0n) is 12.8. The van der Waals surface area contributed by atoms with Crippen LogP contribution in [-0.2, 0) is 11.3 Å². The van der Waals surface area contributed by atoms with Gasteiger partial charge in [-0.15, -0.1) is 24.4 Å². The van der Waals surface area contributed by atoms with Crippen LogP contribution in [0.2, 0.25) is 0 Å². The highest BCUT2D eigenvalue weighted by Crippen LogP contribution is 2.30. The maximum absolute atomic E-state index is 11.1. The molecule has 0 spiro atoms. The lowest BCUT2D eigenvalue weighted by Crippen LogP contribution is -2.19. The second-order valence-corrected chi connectivity index (χ2v) is 6.30. The quantitative estimate of drug-likeness (QED) is 0.628. The molecule has 0 heterocycles. The third kappa shape index (κ3) is 4.45. The molecule has 3 nitrogen and oxygen atoms in total. The van der Waals surface area contributed by atoms with Crippen LogP contribution in [0.1, 0.15) is 18.1 Å². The van der Waals surface area contributed by atoms with Crippen molar-refractivity contribution in [2.45, 2.75) is 30.2 Å². The Hall–Kier alpha value is -1.59. The molecule has 0 aliphatic carbocycles. The molecule has 2 aromatic rings. The average Bonchev–Trinajstić information content (AvgIpc) is 2.47. The zero-order valence-corrected chi connectivity index (χ0v) is 14.6. The lowest BCUT2D eigenvalue weighted by molar-refractivity contribution is -0.119. The summed E-state index contributed by atoms with van der Waals surface area (Å²) in [6, 6.07) is 11.7. The molecule has 0 saturated carbocycles. The van der Waals surface area contributed by atoms with Crippen molar-refractivity contribution in [1.29, 1.82) is 0 Å². The molecular formula is C17H19NO2S2. The van der Waals surface area contributed by atoms with Crippen molar-refractivity contribution < 1.29 is 9.53 Å². The number of carbonyl (C=O) groups is 1. The first-order valence-electron chi connectivity index (χ1n) is 6.88. The molecule has 2 aromatic carbocycles. The smallest absolute Gasteiger partial charge is 0.217 e. The van der Waals surface area contributed by atoms with E-state index in [1.807, 2.05) is 30.3 Å². The molecule has 0 radical (unpaired) electrons. The van der Waals surface area contributed by atoms with Gasteiger partial charge >= 0.3 is 0 Å². The largest absolute Gasteiger partial charge is 0.457 e. The van der Waals surface area contributed by atoms with E-state index in [4.69, 9.17) is 4.74 Å². The summed E-state index contributed by atoms with van der Waals surface area (Å²) in [5, 5.41) is 2.79. The van der Waals surface area contributed by atoms with E-state index in [2.05, 4.69) is 37.2 Å². The number of amides is 1. The number of hydrogen-bond acceptors (Lipinski definition) is 4. The van der Waals surface area contributed by atoms with Crippen LogP contribution in [0.15, 0.2) is 46.2 Å². The second-order valence-electron chi connectivity index (χ2n) is 4.94. The minimum atomic E-state index is -0.0734. The van der Waals surface area contributed by atoms with E-state index >= 15 is 0 Å². The van der Waals surface area contributed by atoms with Crippen LogP contribution in [0.4, 0.5) is 0 Å². The topological polar surface area (TPSA) is 38.3 Å². The van der Waals surface area contributed by atoms with Crippen LogP contribution in [-0.4, -0.2) is 12.2 Å². The molecule has 2 rings (SSSR count). The Morgan fingerprint density at radius 2 is 2.05 bits per heavy atom.